The summed E-state index contributed by atoms with van der Waals surface area (Å²) in [6.45, 7) is 0.435. The lowest BCUT2D eigenvalue weighted by molar-refractivity contribution is 0.0955. The van der Waals surface area contributed by atoms with E-state index in [4.69, 9.17) is 29.6 Å². The Balaban J connectivity index is 1.84. The number of anilines is 1. The number of amides is 1. The number of nitrogens with two attached hydrogens (primary N) is 1. The molecule has 0 fully saturated rings. The quantitative estimate of drug-likeness (QED) is 0.663. The molecule has 24 heavy (non-hydrogen) atoms. The average molecular weight is 376 g/mol. The number of nitrogens with zero attached hydrogens (tertiary/aromatic N) is 1. The van der Waals surface area contributed by atoms with Gasteiger partial charge in [0.2, 0.25) is 0 Å². The molecule has 7 heteroatoms. The number of rotatable bonds is 4. The SMILES string of the molecule is Nc1c(C(=O)NCc2ccccc2)sc(=S)n1-c1ccc(Cl)cc1. The number of thiazole rings is 1. The molecule has 1 amide bonds. The van der Waals surface area contributed by atoms with Crippen LogP contribution in [0.15, 0.2) is 54.6 Å². The van der Waals surface area contributed by atoms with Crippen molar-refractivity contribution in [2.75, 3.05) is 5.73 Å². The van der Waals surface area contributed by atoms with E-state index in [9.17, 15) is 4.79 Å². The summed E-state index contributed by atoms with van der Waals surface area (Å²) in [5.74, 6) is 0.0954. The van der Waals surface area contributed by atoms with Gasteiger partial charge in [0.05, 0.1) is 0 Å². The van der Waals surface area contributed by atoms with Crippen LogP contribution in [0.4, 0.5) is 5.82 Å². The first-order valence-electron chi connectivity index (χ1n) is 7.15. The van der Waals surface area contributed by atoms with E-state index in [1.807, 2.05) is 42.5 Å². The van der Waals surface area contributed by atoms with Gasteiger partial charge < -0.3 is 11.1 Å². The molecule has 0 aliphatic carbocycles. The maximum absolute atomic E-state index is 12.4. The lowest BCUT2D eigenvalue weighted by Crippen LogP contribution is -2.23. The Bertz CT molecular complexity index is 917. The van der Waals surface area contributed by atoms with E-state index in [2.05, 4.69) is 5.32 Å². The lowest BCUT2D eigenvalue weighted by Gasteiger charge is -2.07. The van der Waals surface area contributed by atoms with Crippen molar-refractivity contribution in [1.82, 2.24) is 9.88 Å². The number of hydrogen-bond donors (Lipinski definition) is 2. The molecule has 122 valence electrons. The normalized spacial score (nSPS) is 10.5. The van der Waals surface area contributed by atoms with Crippen LogP contribution in [0.5, 0.6) is 0 Å². The molecule has 3 aromatic rings. The summed E-state index contributed by atoms with van der Waals surface area (Å²) in [6, 6.07) is 16.8. The summed E-state index contributed by atoms with van der Waals surface area (Å²) >= 11 is 12.5. The van der Waals surface area contributed by atoms with Gasteiger partial charge in [0.1, 0.15) is 10.7 Å². The van der Waals surface area contributed by atoms with E-state index >= 15 is 0 Å². The Labute approximate surface area is 153 Å². The van der Waals surface area contributed by atoms with Crippen molar-refractivity contribution in [3.05, 3.63) is 74.0 Å². The summed E-state index contributed by atoms with van der Waals surface area (Å²) in [5.41, 5.74) is 7.95. The fourth-order valence-electron chi connectivity index (χ4n) is 2.24. The highest BCUT2D eigenvalue weighted by Crippen LogP contribution is 2.27. The van der Waals surface area contributed by atoms with Crippen LogP contribution < -0.4 is 11.1 Å². The number of carbonyl (C=O) groups excluding carboxylic acids is 1. The molecule has 1 heterocycles. The standard InChI is InChI=1S/C17H14ClN3OS2/c18-12-6-8-13(9-7-12)21-15(19)14(24-17(21)23)16(22)20-10-11-4-2-1-3-5-11/h1-9H,10,19H2,(H,20,22). The zero-order valence-electron chi connectivity index (χ0n) is 12.5. The Morgan fingerprint density at radius 2 is 1.83 bits per heavy atom. The average Bonchev–Trinajstić information content (AvgIpc) is 2.89. The minimum Gasteiger partial charge on any atom is -0.383 e. The molecular weight excluding hydrogens is 362 g/mol. The number of halogens is 1. The maximum atomic E-state index is 12.4. The largest absolute Gasteiger partial charge is 0.383 e. The van der Waals surface area contributed by atoms with Gasteiger partial charge in [-0.15, -0.1) is 0 Å². The molecule has 3 rings (SSSR count). The third kappa shape index (κ3) is 3.51. The van der Waals surface area contributed by atoms with E-state index in [-0.39, 0.29) is 5.91 Å². The molecule has 0 aliphatic heterocycles. The van der Waals surface area contributed by atoms with Crippen molar-refractivity contribution in [2.45, 2.75) is 6.54 Å². The molecule has 3 N–H and O–H groups in total. The Hall–Kier alpha value is -2.15. The second-order valence-electron chi connectivity index (χ2n) is 5.06. The van der Waals surface area contributed by atoms with Gasteiger partial charge in [-0.1, -0.05) is 53.3 Å². The third-order valence-electron chi connectivity index (χ3n) is 3.43. The van der Waals surface area contributed by atoms with Gasteiger partial charge in [0, 0.05) is 17.3 Å². The van der Waals surface area contributed by atoms with Gasteiger partial charge in [-0.3, -0.25) is 9.36 Å². The molecule has 0 radical (unpaired) electrons. The first kappa shape index (κ1) is 16.7. The van der Waals surface area contributed by atoms with Crippen LogP contribution >= 0.6 is 35.2 Å². The summed E-state index contributed by atoms with van der Waals surface area (Å²) < 4.78 is 2.19. The Morgan fingerprint density at radius 1 is 1.17 bits per heavy atom. The highest BCUT2D eigenvalue weighted by Gasteiger charge is 2.17. The van der Waals surface area contributed by atoms with Crippen LogP contribution in [0.2, 0.25) is 5.02 Å². The Kier molecular flexibility index (Phi) is 4.99. The fourth-order valence-corrected chi connectivity index (χ4v) is 3.65. The second kappa shape index (κ2) is 7.17. The number of aromatic nitrogens is 1. The number of hydrogen-bond acceptors (Lipinski definition) is 4. The molecule has 0 saturated carbocycles. The van der Waals surface area contributed by atoms with Crippen LogP contribution in [-0.2, 0) is 6.54 Å². The Morgan fingerprint density at radius 3 is 2.50 bits per heavy atom. The first-order chi connectivity index (χ1) is 11.6. The molecule has 0 atom stereocenters. The highest BCUT2D eigenvalue weighted by molar-refractivity contribution is 7.73. The molecule has 0 spiro atoms. The summed E-state index contributed by atoms with van der Waals surface area (Å²) in [4.78, 5) is 12.8. The minimum atomic E-state index is -0.236. The van der Waals surface area contributed by atoms with Crippen LogP contribution in [0, 0.1) is 3.95 Å². The first-order valence-corrected chi connectivity index (χ1v) is 8.76. The molecule has 0 bridgehead atoms. The zero-order chi connectivity index (χ0) is 17.1. The van der Waals surface area contributed by atoms with Crippen molar-refractivity contribution in [1.29, 1.82) is 0 Å². The van der Waals surface area contributed by atoms with E-state index in [0.717, 1.165) is 11.3 Å². The predicted molar refractivity (Wildman–Crippen MR) is 102 cm³/mol. The van der Waals surface area contributed by atoms with Crippen molar-refractivity contribution >= 4 is 46.9 Å². The van der Waals surface area contributed by atoms with Crippen molar-refractivity contribution < 1.29 is 4.79 Å². The number of carbonyl (C=O) groups is 1. The fraction of sp³-hybridized carbons (Fsp3) is 0.0588. The van der Waals surface area contributed by atoms with Crippen LogP contribution in [0.3, 0.4) is 0 Å². The lowest BCUT2D eigenvalue weighted by atomic mass is 10.2. The minimum absolute atomic E-state index is 0.236. The highest BCUT2D eigenvalue weighted by atomic mass is 35.5. The summed E-state index contributed by atoms with van der Waals surface area (Å²) in [7, 11) is 0. The number of nitrogen functional groups attached to an aromatic ring is 1. The summed E-state index contributed by atoms with van der Waals surface area (Å²) in [6.07, 6.45) is 0. The van der Waals surface area contributed by atoms with Gasteiger partial charge in [0.15, 0.2) is 3.95 Å². The maximum Gasteiger partial charge on any atom is 0.265 e. The second-order valence-corrected chi connectivity index (χ2v) is 7.14. The molecule has 0 unspecified atom stereocenters. The summed E-state index contributed by atoms with van der Waals surface area (Å²) in [5, 5.41) is 3.49. The third-order valence-corrected chi connectivity index (χ3v) is 5.07. The molecular formula is C17H14ClN3OS2. The van der Waals surface area contributed by atoms with E-state index in [0.29, 0.717) is 26.2 Å². The van der Waals surface area contributed by atoms with Gasteiger partial charge in [0.25, 0.3) is 5.91 Å². The molecule has 1 aromatic heterocycles. The molecule has 4 nitrogen and oxygen atoms in total. The van der Waals surface area contributed by atoms with Crippen molar-refractivity contribution in [3.63, 3.8) is 0 Å². The van der Waals surface area contributed by atoms with E-state index in [1.54, 1.807) is 16.7 Å². The van der Waals surface area contributed by atoms with E-state index < -0.39 is 0 Å². The van der Waals surface area contributed by atoms with Gasteiger partial charge in [-0.05, 0) is 42.0 Å². The van der Waals surface area contributed by atoms with E-state index in [1.165, 1.54) is 11.3 Å². The van der Waals surface area contributed by atoms with Gasteiger partial charge in [-0.25, -0.2) is 0 Å². The van der Waals surface area contributed by atoms with Crippen LogP contribution in [-0.4, -0.2) is 10.5 Å². The molecule has 0 saturated heterocycles. The predicted octanol–water partition coefficient (Wildman–Crippen LogP) is 4.43. The van der Waals surface area contributed by atoms with Crippen molar-refractivity contribution in [3.8, 4) is 5.69 Å². The van der Waals surface area contributed by atoms with Gasteiger partial charge >= 0.3 is 0 Å². The molecule has 2 aromatic carbocycles. The monoisotopic (exact) mass is 375 g/mol. The van der Waals surface area contributed by atoms with Gasteiger partial charge in [-0.2, -0.15) is 0 Å². The molecule has 0 aliphatic rings. The van der Waals surface area contributed by atoms with Crippen molar-refractivity contribution in [2.24, 2.45) is 0 Å². The smallest absolute Gasteiger partial charge is 0.265 e. The van der Waals surface area contributed by atoms with Crippen LogP contribution in [0.25, 0.3) is 5.69 Å². The van der Waals surface area contributed by atoms with Crippen LogP contribution in [0.1, 0.15) is 15.2 Å². The zero-order valence-corrected chi connectivity index (χ0v) is 14.9. The number of nitrogens with one attached hydrogen (secondary N) is 1. The topological polar surface area (TPSA) is 60.1 Å². The number of benzene rings is 2.